The summed E-state index contributed by atoms with van der Waals surface area (Å²) in [6.07, 6.45) is 3.83. The summed E-state index contributed by atoms with van der Waals surface area (Å²) in [6, 6.07) is 4.05. The highest BCUT2D eigenvalue weighted by Crippen LogP contribution is 2.11. The van der Waals surface area contributed by atoms with Crippen LogP contribution in [0.25, 0.3) is 0 Å². The first-order chi connectivity index (χ1) is 8.28. The van der Waals surface area contributed by atoms with Gasteiger partial charge in [-0.1, -0.05) is 6.92 Å². The molecule has 1 N–H and O–H groups in total. The Kier molecular flexibility index (Phi) is 4.09. The molecule has 0 saturated heterocycles. The highest BCUT2D eigenvalue weighted by atomic mass is 32.1. The number of nitrogens with one attached hydrogen (secondary N) is 1. The van der Waals surface area contributed by atoms with Crippen molar-refractivity contribution >= 4 is 17.0 Å². The summed E-state index contributed by atoms with van der Waals surface area (Å²) in [5.74, 6) is 0. The molecular weight excluding hydrogens is 230 g/mol. The molecule has 0 aromatic carbocycles. The molecule has 0 aliphatic heterocycles. The molecule has 2 rings (SSSR count). The number of pyridine rings is 1. The van der Waals surface area contributed by atoms with Gasteiger partial charge < -0.3 is 5.32 Å². The van der Waals surface area contributed by atoms with Gasteiger partial charge in [0.25, 0.3) is 0 Å². The third-order valence-corrected chi connectivity index (χ3v) is 3.55. The Labute approximate surface area is 106 Å². The molecule has 0 fully saturated rings. The number of hydrogen-bond donors (Lipinski definition) is 1. The van der Waals surface area contributed by atoms with Crippen molar-refractivity contribution in [2.45, 2.75) is 26.7 Å². The predicted molar refractivity (Wildman–Crippen MR) is 72.7 cm³/mol. The van der Waals surface area contributed by atoms with Crippen LogP contribution in [0.4, 0.5) is 5.69 Å². The number of thiazole rings is 1. The second-order valence-electron chi connectivity index (χ2n) is 3.95. The molecule has 3 nitrogen and oxygen atoms in total. The molecule has 0 bridgehead atoms. The Morgan fingerprint density at radius 1 is 1.41 bits per heavy atom. The first-order valence-electron chi connectivity index (χ1n) is 5.87. The summed E-state index contributed by atoms with van der Waals surface area (Å²) < 4.78 is 0. The van der Waals surface area contributed by atoms with Crippen molar-refractivity contribution < 1.29 is 0 Å². The summed E-state index contributed by atoms with van der Waals surface area (Å²) in [5.41, 5.74) is 3.35. The maximum Gasteiger partial charge on any atom is 0.0925 e. The molecule has 0 aliphatic rings. The van der Waals surface area contributed by atoms with Gasteiger partial charge in [-0.15, -0.1) is 11.3 Å². The molecule has 0 aliphatic carbocycles. The van der Waals surface area contributed by atoms with Gasteiger partial charge in [-0.25, -0.2) is 4.98 Å². The van der Waals surface area contributed by atoms with Crippen LogP contribution in [0, 0.1) is 6.92 Å². The van der Waals surface area contributed by atoms with Gasteiger partial charge >= 0.3 is 0 Å². The second kappa shape index (κ2) is 5.77. The first-order valence-corrected chi connectivity index (χ1v) is 6.75. The van der Waals surface area contributed by atoms with Crippen LogP contribution in [0.2, 0.25) is 0 Å². The summed E-state index contributed by atoms with van der Waals surface area (Å²) >= 11 is 1.75. The van der Waals surface area contributed by atoms with Crippen molar-refractivity contribution in [1.29, 1.82) is 0 Å². The van der Waals surface area contributed by atoms with Gasteiger partial charge in [0.15, 0.2) is 0 Å². The van der Waals surface area contributed by atoms with E-state index in [1.807, 2.05) is 19.2 Å². The lowest BCUT2D eigenvalue weighted by molar-refractivity contribution is 0.950. The summed E-state index contributed by atoms with van der Waals surface area (Å²) in [6.45, 7) is 5.05. The number of aromatic nitrogens is 2. The molecule has 2 aromatic rings. The lowest BCUT2D eigenvalue weighted by atomic mass is 10.3. The molecule has 0 radical (unpaired) electrons. The third kappa shape index (κ3) is 3.53. The molecule has 17 heavy (non-hydrogen) atoms. The van der Waals surface area contributed by atoms with E-state index in [1.165, 1.54) is 10.7 Å². The van der Waals surface area contributed by atoms with Gasteiger partial charge in [0.2, 0.25) is 0 Å². The van der Waals surface area contributed by atoms with E-state index in [9.17, 15) is 0 Å². The molecule has 2 aromatic heterocycles. The van der Waals surface area contributed by atoms with Crippen molar-refractivity contribution in [2.24, 2.45) is 0 Å². The molecule has 0 saturated carbocycles. The van der Waals surface area contributed by atoms with Gasteiger partial charge in [-0.3, -0.25) is 4.98 Å². The summed E-state index contributed by atoms with van der Waals surface area (Å²) in [5, 5.41) is 6.76. The smallest absolute Gasteiger partial charge is 0.0925 e. The topological polar surface area (TPSA) is 37.8 Å². The van der Waals surface area contributed by atoms with E-state index >= 15 is 0 Å². The number of aryl methyl sites for hydroxylation is 2. The highest BCUT2D eigenvalue weighted by molar-refractivity contribution is 7.09. The van der Waals surface area contributed by atoms with Crippen LogP contribution in [0.15, 0.2) is 23.7 Å². The fourth-order valence-electron chi connectivity index (χ4n) is 1.62. The maximum absolute atomic E-state index is 4.54. The predicted octanol–water partition coefficient (Wildman–Crippen LogP) is 3.06. The van der Waals surface area contributed by atoms with E-state index in [4.69, 9.17) is 0 Å². The monoisotopic (exact) mass is 247 g/mol. The van der Waals surface area contributed by atoms with Crippen LogP contribution in [0.3, 0.4) is 0 Å². The van der Waals surface area contributed by atoms with Crippen LogP contribution >= 0.6 is 11.3 Å². The quantitative estimate of drug-likeness (QED) is 0.882. The summed E-state index contributed by atoms with van der Waals surface area (Å²) in [4.78, 5) is 8.71. The van der Waals surface area contributed by atoms with Gasteiger partial charge in [0, 0.05) is 35.9 Å². The lowest BCUT2D eigenvalue weighted by Crippen LogP contribution is -2.05. The van der Waals surface area contributed by atoms with Crippen LogP contribution in [-0.2, 0) is 12.8 Å². The molecule has 4 heteroatoms. The van der Waals surface area contributed by atoms with Gasteiger partial charge in [0.05, 0.1) is 10.7 Å². The molecular formula is C13H17N3S. The van der Waals surface area contributed by atoms with E-state index in [-0.39, 0.29) is 0 Å². The highest BCUT2D eigenvalue weighted by Gasteiger charge is 2.00. The van der Waals surface area contributed by atoms with E-state index in [0.717, 1.165) is 30.8 Å². The summed E-state index contributed by atoms with van der Waals surface area (Å²) in [7, 11) is 0. The standard InChI is InChI=1S/C13H17N3S/c1-3-13-16-12(9-17-13)5-7-15-11-4-6-14-10(2)8-11/h4,6,8-9H,3,5,7H2,1-2H3,(H,14,15). The minimum atomic E-state index is 0.913. The van der Waals surface area contributed by atoms with E-state index < -0.39 is 0 Å². The average Bonchev–Trinajstić information content (AvgIpc) is 2.77. The van der Waals surface area contributed by atoms with Crippen LogP contribution in [0.5, 0.6) is 0 Å². The normalized spacial score (nSPS) is 10.5. The molecule has 0 atom stereocenters. The van der Waals surface area contributed by atoms with Crippen molar-refractivity contribution in [3.05, 3.63) is 40.1 Å². The number of anilines is 1. The van der Waals surface area contributed by atoms with Crippen molar-refractivity contribution in [2.75, 3.05) is 11.9 Å². The fourth-order valence-corrected chi connectivity index (χ4v) is 2.40. The zero-order chi connectivity index (χ0) is 12.1. The Morgan fingerprint density at radius 3 is 3.00 bits per heavy atom. The van der Waals surface area contributed by atoms with Crippen molar-refractivity contribution in [1.82, 2.24) is 9.97 Å². The van der Waals surface area contributed by atoms with Crippen LogP contribution in [0.1, 0.15) is 23.3 Å². The van der Waals surface area contributed by atoms with Crippen molar-refractivity contribution in [3.8, 4) is 0 Å². The van der Waals surface area contributed by atoms with Crippen LogP contribution in [-0.4, -0.2) is 16.5 Å². The van der Waals surface area contributed by atoms with Crippen LogP contribution < -0.4 is 5.32 Å². The van der Waals surface area contributed by atoms with E-state index in [0.29, 0.717) is 0 Å². The lowest BCUT2D eigenvalue weighted by Gasteiger charge is -2.05. The zero-order valence-electron chi connectivity index (χ0n) is 10.2. The van der Waals surface area contributed by atoms with Gasteiger partial charge in [0.1, 0.15) is 0 Å². The number of rotatable bonds is 5. The minimum Gasteiger partial charge on any atom is -0.385 e. The molecule has 2 heterocycles. The molecule has 0 amide bonds. The second-order valence-corrected chi connectivity index (χ2v) is 4.89. The van der Waals surface area contributed by atoms with Gasteiger partial charge in [-0.05, 0) is 25.5 Å². The maximum atomic E-state index is 4.54. The number of hydrogen-bond acceptors (Lipinski definition) is 4. The van der Waals surface area contributed by atoms with Gasteiger partial charge in [-0.2, -0.15) is 0 Å². The number of nitrogens with zero attached hydrogens (tertiary/aromatic N) is 2. The zero-order valence-corrected chi connectivity index (χ0v) is 11.0. The Bertz CT molecular complexity index is 479. The Morgan fingerprint density at radius 2 is 2.29 bits per heavy atom. The Hall–Kier alpha value is -1.42. The molecule has 90 valence electrons. The minimum absolute atomic E-state index is 0.913. The third-order valence-electron chi connectivity index (χ3n) is 2.51. The SMILES string of the molecule is CCc1nc(CCNc2ccnc(C)c2)cs1. The Balaban J connectivity index is 1.83. The molecule has 0 spiro atoms. The average molecular weight is 247 g/mol. The molecule has 0 unspecified atom stereocenters. The largest absolute Gasteiger partial charge is 0.385 e. The first kappa shape index (κ1) is 12.0. The van der Waals surface area contributed by atoms with Crippen molar-refractivity contribution in [3.63, 3.8) is 0 Å². The van der Waals surface area contributed by atoms with E-state index in [1.54, 1.807) is 11.3 Å². The van der Waals surface area contributed by atoms with E-state index in [2.05, 4.69) is 33.7 Å². The fraction of sp³-hybridized carbons (Fsp3) is 0.385.